The maximum atomic E-state index is 5.70. The first kappa shape index (κ1) is 15.3. The van der Waals surface area contributed by atoms with E-state index in [1.54, 1.807) is 0 Å². The van der Waals surface area contributed by atoms with Gasteiger partial charge >= 0.3 is 0 Å². The normalized spacial score (nSPS) is 40.3. The van der Waals surface area contributed by atoms with Gasteiger partial charge in [-0.25, -0.2) is 0 Å². The van der Waals surface area contributed by atoms with Crippen molar-refractivity contribution in [2.24, 2.45) is 11.8 Å². The Morgan fingerprint density at radius 3 is 2.63 bits per heavy atom. The second-order valence-corrected chi connectivity index (χ2v) is 7.27. The van der Waals surface area contributed by atoms with Gasteiger partial charge in [0, 0.05) is 24.2 Å². The van der Waals surface area contributed by atoms with Crippen LogP contribution < -0.4 is 5.32 Å². The van der Waals surface area contributed by atoms with Gasteiger partial charge in [0.05, 0.1) is 13.2 Å². The summed E-state index contributed by atoms with van der Waals surface area (Å²) >= 11 is 0. The first-order valence-electron chi connectivity index (χ1n) is 8.03. The molecule has 1 N–H and O–H groups in total. The summed E-state index contributed by atoms with van der Waals surface area (Å²) in [6, 6.07) is 1.30. The maximum Gasteiger partial charge on any atom is 0.0645 e. The fraction of sp³-hybridized carbons (Fsp3) is 1.00. The van der Waals surface area contributed by atoms with Crippen molar-refractivity contribution in [2.45, 2.75) is 65.1 Å². The van der Waals surface area contributed by atoms with Crippen molar-refractivity contribution in [1.82, 2.24) is 10.2 Å². The van der Waals surface area contributed by atoms with Gasteiger partial charge in [-0.3, -0.25) is 4.90 Å². The number of ether oxygens (including phenoxy) is 1. The molecular weight excluding hydrogens is 236 g/mol. The molecule has 4 unspecified atom stereocenters. The summed E-state index contributed by atoms with van der Waals surface area (Å²) in [6.07, 6.45) is 2.68. The van der Waals surface area contributed by atoms with Crippen LogP contribution in [-0.2, 0) is 4.74 Å². The molecule has 3 nitrogen and oxygen atoms in total. The van der Waals surface area contributed by atoms with Crippen molar-refractivity contribution in [3.8, 4) is 0 Å². The minimum atomic E-state index is 0.172. The lowest BCUT2D eigenvalue weighted by molar-refractivity contribution is -0.0983. The van der Waals surface area contributed by atoms with Crippen LogP contribution in [-0.4, -0.2) is 48.8 Å². The molecule has 2 rings (SSSR count). The van der Waals surface area contributed by atoms with Crippen LogP contribution in [0.15, 0.2) is 0 Å². The molecule has 112 valence electrons. The van der Waals surface area contributed by atoms with Gasteiger partial charge in [0.25, 0.3) is 0 Å². The van der Waals surface area contributed by atoms with E-state index >= 15 is 0 Å². The summed E-state index contributed by atoms with van der Waals surface area (Å²) in [5.41, 5.74) is 0.172. The van der Waals surface area contributed by atoms with Gasteiger partial charge in [0.2, 0.25) is 0 Å². The predicted octanol–water partition coefficient (Wildman–Crippen LogP) is 2.51. The molecule has 2 fully saturated rings. The van der Waals surface area contributed by atoms with Crippen molar-refractivity contribution in [2.75, 3.05) is 26.3 Å². The summed E-state index contributed by atoms with van der Waals surface area (Å²) in [6.45, 7) is 15.7. The molecular formula is C16H32N2O. The van der Waals surface area contributed by atoms with Gasteiger partial charge in [-0.2, -0.15) is 0 Å². The summed E-state index contributed by atoms with van der Waals surface area (Å²) in [7, 11) is 0. The minimum Gasteiger partial charge on any atom is -0.378 e. The van der Waals surface area contributed by atoms with Gasteiger partial charge in [0.15, 0.2) is 0 Å². The zero-order valence-corrected chi connectivity index (χ0v) is 13.4. The summed E-state index contributed by atoms with van der Waals surface area (Å²) in [5, 5.41) is 3.75. The topological polar surface area (TPSA) is 24.5 Å². The smallest absolute Gasteiger partial charge is 0.0645 e. The Morgan fingerprint density at radius 2 is 2.00 bits per heavy atom. The molecule has 0 aromatic rings. The number of morpholine rings is 1. The highest BCUT2D eigenvalue weighted by molar-refractivity contribution is 4.99. The molecule has 0 aromatic heterocycles. The van der Waals surface area contributed by atoms with E-state index < -0.39 is 0 Å². The molecule has 0 spiro atoms. The number of hydrogen-bond donors (Lipinski definition) is 1. The molecule has 1 aliphatic heterocycles. The lowest BCUT2D eigenvalue weighted by Gasteiger charge is -2.53. The van der Waals surface area contributed by atoms with Crippen LogP contribution in [0.1, 0.15) is 47.5 Å². The van der Waals surface area contributed by atoms with Crippen molar-refractivity contribution in [1.29, 1.82) is 0 Å². The van der Waals surface area contributed by atoms with Crippen LogP contribution in [0.2, 0.25) is 0 Å². The molecule has 4 atom stereocenters. The molecule has 1 saturated carbocycles. The first-order valence-corrected chi connectivity index (χ1v) is 8.03. The Morgan fingerprint density at radius 1 is 1.26 bits per heavy atom. The Kier molecular flexibility index (Phi) is 4.91. The molecule has 0 radical (unpaired) electrons. The highest BCUT2D eigenvalue weighted by Crippen LogP contribution is 2.36. The van der Waals surface area contributed by atoms with E-state index in [2.05, 4.69) is 44.8 Å². The van der Waals surface area contributed by atoms with Gasteiger partial charge in [-0.1, -0.05) is 20.8 Å². The van der Waals surface area contributed by atoms with Crippen LogP contribution >= 0.6 is 0 Å². The molecule has 3 heteroatoms. The third-order valence-electron chi connectivity index (χ3n) is 4.96. The number of nitrogens with zero attached hydrogens (tertiary/aromatic N) is 1. The van der Waals surface area contributed by atoms with Crippen LogP contribution in [0.3, 0.4) is 0 Å². The van der Waals surface area contributed by atoms with E-state index in [1.807, 2.05) is 0 Å². The zero-order chi connectivity index (χ0) is 14.0. The Labute approximate surface area is 119 Å². The minimum absolute atomic E-state index is 0.172. The van der Waals surface area contributed by atoms with Crippen LogP contribution in [0, 0.1) is 11.8 Å². The predicted molar refractivity (Wildman–Crippen MR) is 80.4 cm³/mol. The van der Waals surface area contributed by atoms with Gasteiger partial charge in [-0.15, -0.1) is 0 Å². The Hall–Kier alpha value is -0.120. The van der Waals surface area contributed by atoms with Crippen molar-refractivity contribution in [3.05, 3.63) is 0 Å². The second-order valence-electron chi connectivity index (χ2n) is 7.27. The van der Waals surface area contributed by atoms with E-state index in [4.69, 9.17) is 4.74 Å². The monoisotopic (exact) mass is 268 g/mol. The van der Waals surface area contributed by atoms with Crippen molar-refractivity contribution < 1.29 is 4.74 Å². The van der Waals surface area contributed by atoms with E-state index in [1.165, 1.54) is 12.8 Å². The molecule has 1 heterocycles. The van der Waals surface area contributed by atoms with E-state index in [0.717, 1.165) is 38.1 Å². The van der Waals surface area contributed by atoms with E-state index in [0.29, 0.717) is 12.1 Å². The highest BCUT2D eigenvalue weighted by Gasteiger charge is 2.43. The van der Waals surface area contributed by atoms with Gasteiger partial charge in [0.1, 0.15) is 0 Å². The quantitative estimate of drug-likeness (QED) is 0.851. The third-order valence-corrected chi connectivity index (χ3v) is 4.96. The lowest BCUT2D eigenvalue weighted by atomic mass is 9.74. The van der Waals surface area contributed by atoms with Crippen LogP contribution in [0.5, 0.6) is 0 Å². The largest absolute Gasteiger partial charge is 0.378 e. The fourth-order valence-electron chi connectivity index (χ4n) is 4.25. The highest BCUT2D eigenvalue weighted by atomic mass is 16.5. The number of likely N-dealkylation sites (N-methyl/N-ethyl adjacent to an activating group) is 1. The van der Waals surface area contributed by atoms with Crippen molar-refractivity contribution >= 4 is 0 Å². The third kappa shape index (κ3) is 3.32. The van der Waals surface area contributed by atoms with Gasteiger partial charge < -0.3 is 10.1 Å². The molecule has 1 saturated heterocycles. The molecule has 19 heavy (non-hydrogen) atoms. The molecule has 2 aliphatic rings. The summed E-state index contributed by atoms with van der Waals surface area (Å²) in [4.78, 5) is 2.72. The van der Waals surface area contributed by atoms with Gasteiger partial charge in [-0.05, 0) is 45.1 Å². The SMILES string of the molecule is CCNC1CC(C)CC(C)C1N1CCOCC1(C)C. The van der Waals surface area contributed by atoms with Crippen LogP contribution in [0.4, 0.5) is 0 Å². The standard InChI is InChI=1S/C16H32N2O/c1-6-17-14-10-12(2)9-13(3)15(14)18-7-8-19-11-16(18,4)5/h12-15,17H,6-11H2,1-5H3. The summed E-state index contributed by atoms with van der Waals surface area (Å²) in [5.74, 6) is 1.62. The Balaban J connectivity index is 2.17. The average Bonchev–Trinajstić information content (AvgIpc) is 2.30. The summed E-state index contributed by atoms with van der Waals surface area (Å²) < 4.78 is 5.70. The van der Waals surface area contributed by atoms with Crippen LogP contribution in [0.25, 0.3) is 0 Å². The second kappa shape index (κ2) is 6.11. The first-order chi connectivity index (χ1) is 8.95. The molecule has 0 amide bonds. The van der Waals surface area contributed by atoms with E-state index in [9.17, 15) is 0 Å². The average molecular weight is 268 g/mol. The lowest BCUT2D eigenvalue weighted by Crippen LogP contribution is -2.65. The molecule has 1 aliphatic carbocycles. The molecule has 0 aromatic carbocycles. The number of nitrogens with one attached hydrogen (secondary N) is 1. The number of rotatable bonds is 3. The fourth-order valence-corrected chi connectivity index (χ4v) is 4.25. The zero-order valence-electron chi connectivity index (χ0n) is 13.4. The number of hydrogen-bond acceptors (Lipinski definition) is 3. The van der Waals surface area contributed by atoms with Crippen molar-refractivity contribution in [3.63, 3.8) is 0 Å². The molecule has 0 bridgehead atoms. The van der Waals surface area contributed by atoms with E-state index in [-0.39, 0.29) is 5.54 Å². The maximum absolute atomic E-state index is 5.70. The Bertz CT molecular complexity index is 292.